The van der Waals surface area contributed by atoms with E-state index in [0.29, 0.717) is 11.1 Å². The first-order valence-corrected chi connectivity index (χ1v) is 10.1. The molecule has 2 fully saturated rings. The van der Waals surface area contributed by atoms with E-state index in [2.05, 4.69) is 14.9 Å². The first-order chi connectivity index (χ1) is 11.1. The van der Waals surface area contributed by atoms with Gasteiger partial charge in [-0.15, -0.1) is 0 Å². The van der Waals surface area contributed by atoms with Crippen LogP contribution in [0.25, 0.3) is 0 Å². The average Bonchev–Trinajstić information content (AvgIpc) is 2.56. The molecule has 7 heteroatoms. The van der Waals surface area contributed by atoms with Crippen molar-refractivity contribution in [2.24, 2.45) is 0 Å². The first kappa shape index (κ1) is 17.2. The lowest BCUT2D eigenvalue weighted by Gasteiger charge is -2.42. The zero-order valence-corrected chi connectivity index (χ0v) is 14.7. The summed E-state index contributed by atoms with van der Waals surface area (Å²) < 4.78 is 28.3. The molecule has 0 amide bonds. The van der Waals surface area contributed by atoms with Crippen molar-refractivity contribution in [2.75, 3.05) is 26.2 Å². The smallest absolute Gasteiger partial charge is 0.240 e. The predicted octanol–water partition coefficient (Wildman–Crippen LogP) is 1.83. The van der Waals surface area contributed by atoms with Crippen LogP contribution in [-0.4, -0.2) is 51.6 Å². The number of hydrogen-bond donors (Lipinski definition) is 2. The fourth-order valence-electron chi connectivity index (χ4n) is 3.58. The summed E-state index contributed by atoms with van der Waals surface area (Å²) in [6.45, 7) is 3.94. The highest BCUT2D eigenvalue weighted by Gasteiger charge is 2.33. The third-order valence-corrected chi connectivity index (χ3v) is 6.54. The van der Waals surface area contributed by atoms with Crippen molar-refractivity contribution in [1.82, 2.24) is 14.9 Å². The van der Waals surface area contributed by atoms with Crippen LogP contribution in [0.5, 0.6) is 0 Å². The zero-order chi connectivity index (χ0) is 16.3. The topological polar surface area (TPSA) is 61.4 Å². The van der Waals surface area contributed by atoms with Gasteiger partial charge in [0.05, 0.1) is 4.90 Å². The number of rotatable bonds is 4. The van der Waals surface area contributed by atoms with Gasteiger partial charge in [0, 0.05) is 43.3 Å². The van der Waals surface area contributed by atoms with E-state index in [1.807, 2.05) is 0 Å². The normalized spacial score (nSPS) is 27.0. The van der Waals surface area contributed by atoms with Crippen molar-refractivity contribution in [1.29, 1.82) is 0 Å². The summed E-state index contributed by atoms with van der Waals surface area (Å²) in [5.41, 5.74) is 0. The molecule has 5 nitrogen and oxygen atoms in total. The van der Waals surface area contributed by atoms with Gasteiger partial charge in [0.1, 0.15) is 0 Å². The van der Waals surface area contributed by atoms with Crippen molar-refractivity contribution in [3.63, 3.8) is 0 Å². The summed E-state index contributed by atoms with van der Waals surface area (Å²) >= 11 is 5.85. The lowest BCUT2D eigenvalue weighted by Crippen LogP contribution is -2.57. The molecule has 1 saturated heterocycles. The molecule has 1 aromatic rings. The van der Waals surface area contributed by atoms with Gasteiger partial charge in [-0.05, 0) is 37.1 Å². The lowest BCUT2D eigenvalue weighted by atomic mass is 9.89. The Morgan fingerprint density at radius 1 is 1.09 bits per heavy atom. The summed E-state index contributed by atoms with van der Waals surface area (Å²) in [7, 11) is -3.50. The highest BCUT2D eigenvalue weighted by atomic mass is 35.5. The van der Waals surface area contributed by atoms with Gasteiger partial charge >= 0.3 is 0 Å². The van der Waals surface area contributed by atoms with Crippen LogP contribution in [0.4, 0.5) is 0 Å². The summed E-state index contributed by atoms with van der Waals surface area (Å²) in [4.78, 5) is 2.72. The number of nitrogens with zero attached hydrogens (tertiary/aromatic N) is 1. The molecule has 2 atom stereocenters. The van der Waals surface area contributed by atoms with Gasteiger partial charge in [-0.25, -0.2) is 13.1 Å². The maximum absolute atomic E-state index is 12.7. The number of nitrogens with one attached hydrogen (secondary N) is 2. The van der Waals surface area contributed by atoms with E-state index in [4.69, 9.17) is 11.6 Å². The molecule has 2 N–H and O–H groups in total. The Labute approximate surface area is 143 Å². The Morgan fingerprint density at radius 2 is 1.74 bits per heavy atom. The SMILES string of the molecule is O=S(=O)(N[C@@H]1CCCC[C@H]1N1CCNCC1)c1ccc(Cl)cc1. The first-order valence-electron chi connectivity index (χ1n) is 8.29. The summed E-state index contributed by atoms with van der Waals surface area (Å²) in [6.07, 6.45) is 4.22. The van der Waals surface area contributed by atoms with Crippen molar-refractivity contribution in [2.45, 2.75) is 42.7 Å². The van der Waals surface area contributed by atoms with E-state index in [-0.39, 0.29) is 10.9 Å². The zero-order valence-electron chi connectivity index (χ0n) is 13.2. The highest BCUT2D eigenvalue weighted by Crippen LogP contribution is 2.25. The molecular weight excluding hydrogens is 334 g/mol. The van der Waals surface area contributed by atoms with Crippen molar-refractivity contribution in [3.05, 3.63) is 29.3 Å². The van der Waals surface area contributed by atoms with Gasteiger partial charge in [-0.1, -0.05) is 24.4 Å². The van der Waals surface area contributed by atoms with E-state index in [9.17, 15) is 8.42 Å². The molecule has 23 heavy (non-hydrogen) atoms. The second-order valence-electron chi connectivity index (χ2n) is 6.32. The maximum atomic E-state index is 12.7. The second-order valence-corrected chi connectivity index (χ2v) is 8.47. The Morgan fingerprint density at radius 3 is 2.43 bits per heavy atom. The lowest BCUT2D eigenvalue weighted by molar-refractivity contribution is 0.116. The third kappa shape index (κ3) is 4.25. The minimum atomic E-state index is -3.50. The van der Waals surface area contributed by atoms with Crippen LogP contribution in [0.2, 0.25) is 5.02 Å². The Bertz CT molecular complexity index is 615. The van der Waals surface area contributed by atoms with Crippen molar-refractivity contribution in [3.8, 4) is 0 Å². The van der Waals surface area contributed by atoms with Gasteiger partial charge in [0.15, 0.2) is 0 Å². The number of benzene rings is 1. The van der Waals surface area contributed by atoms with Gasteiger partial charge in [0.25, 0.3) is 0 Å². The van der Waals surface area contributed by atoms with Crippen LogP contribution in [0.1, 0.15) is 25.7 Å². The molecule has 0 unspecified atom stereocenters. The van der Waals surface area contributed by atoms with E-state index in [0.717, 1.165) is 45.4 Å². The fraction of sp³-hybridized carbons (Fsp3) is 0.625. The Balaban J connectivity index is 1.74. The summed E-state index contributed by atoms with van der Waals surface area (Å²) in [5.74, 6) is 0. The Hall–Kier alpha value is -0.660. The predicted molar refractivity (Wildman–Crippen MR) is 92.3 cm³/mol. The fourth-order valence-corrected chi connectivity index (χ4v) is 5.01. The summed E-state index contributed by atoms with van der Waals surface area (Å²) in [6, 6.07) is 6.64. The molecule has 0 radical (unpaired) electrons. The maximum Gasteiger partial charge on any atom is 0.240 e. The average molecular weight is 358 g/mol. The third-order valence-electron chi connectivity index (χ3n) is 4.78. The molecule has 1 aliphatic carbocycles. The van der Waals surface area contributed by atoms with E-state index >= 15 is 0 Å². The molecular formula is C16H24ClN3O2S. The van der Waals surface area contributed by atoms with Crippen LogP contribution < -0.4 is 10.0 Å². The van der Waals surface area contributed by atoms with Crippen LogP contribution >= 0.6 is 11.6 Å². The standard InChI is InChI=1S/C16H24ClN3O2S/c17-13-5-7-14(8-6-13)23(21,22)19-15-3-1-2-4-16(15)20-11-9-18-10-12-20/h5-8,15-16,18-19H,1-4,9-12H2/t15-,16-/m1/s1. The monoisotopic (exact) mass is 357 g/mol. The molecule has 1 saturated carbocycles. The minimum absolute atomic E-state index is 0.0115. The van der Waals surface area contributed by atoms with Crippen LogP contribution in [0.3, 0.4) is 0 Å². The molecule has 0 spiro atoms. The van der Waals surface area contributed by atoms with E-state index in [1.165, 1.54) is 6.42 Å². The van der Waals surface area contributed by atoms with E-state index < -0.39 is 10.0 Å². The number of piperazine rings is 1. The number of halogens is 1. The largest absolute Gasteiger partial charge is 0.314 e. The molecule has 1 heterocycles. The minimum Gasteiger partial charge on any atom is -0.314 e. The van der Waals surface area contributed by atoms with Gasteiger partial charge < -0.3 is 5.32 Å². The van der Waals surface area contributed by atoms with Gasteiger partial charge in [-0.3, -0.25) is 4.90 Å². The number of sulfonamides is 1. The van der Waals surface area contributed by atoms with Gasteiger partial charge in [-0.2, -0.15) is 0 Å². The van der Waals surface area contributed by atoms with Crippen molar-refractivity contribution >= 4 is 21.6 Å². The second kappa shape index (κ2) is 7.49. The molecule has 0 bridgehead atoms. The van der Waals surface area contributed by atoms with Crippen LogP contribution in [-0.2, 0) is 10.0 Å². The van der Waals surface area contributed by atoms with E-state index in [1.54, 1.807) is 24.3 Å². The van der Waals surface area contributed by atoms with Crippen molar-refractivity contribution < 1.29 is 8.42 Å². The quantitative estimate of drug-likeness (QED) is 0.863. The summed E-state index contributed by atoms with van der Waals surface area (Å²) in [5, 5.41) is 3.90. The number of hydrogen-bond acceptors (Lipinski definition) is 4. The molecule has 2 aliphatic rings. The Kier molecular flexibility index (Phi) is 5.59. The molecule has 1 aromatic carbocycles. The molecule has 3 rings (SSSR count). The molecule has 128 valence electrons. The molecule has 0 aromatic heterocycles. The van der Waals surface area contributed by atoms with Crippen LogP contribution in [0, 0.1) is 0 Å². The highest BCUT2D eigenvalue weighted by molar-refractivity contribution is 7.89. The molecule has 1 aliphatic heterocycles. The van der Waals surface area contributed by atoms with Crippen LogP contribution in [0.15, 0.2) is 29.2 Å². The van der Waals surface area contributed by atoms with Gasteiger partial charge in [0.2, 0.25) is 10.0 Å².